The third-order valence-electron chi connectivity index (χ3n) is 2.89. The first kappa shape index (κ1) is 9.48. The molecule has 3 nitrogen and oxygen atoms in total. The van der Waals surface area contributed by atoms with Crippen LogP contribution in [0.4, 0.5) is 0 Å². The van der Waals surface area contributed by atoms with Crippen LogP contribution in [0.2, 0.25) is 5.15 Å². The molecule has 3 rings (SSSR count). The molecule has 0 fully saturated rings. The maximum atomic E-state index is 11.9. The molecule has 0 amide bonds. The lowest BCUT2D eigenvalue weighted by Gasteiger charge is -1.99. The Balaban J connectivity index is 2.77. The van der Waals surface area contributed by atoms with Crippen molar-refractivity contribution in [2.45, 2.75) is 0 Å². The maximum absolute atomic E-state index is 11.9. The summed E-state index contributed by atoms with van der Waals surface area (Å²) >= 11 is 6.11. The Kier molecular flexibility index (Phi) is 1.85. The number of H-pyrrole nitrogens is 1. The predicted octanol–water partition coefficient (Wildman–Crippen LogP) is 2.67. The molecule has 0 unspecified atom stereocenters. The number of halogens is 1. The number of fused-ring (bicyclic) bond motifs is 3. The van der Waals surface area contributed by atoms with Crippen LogP contribution in [-0.2, 0) is 7.05 Å². The van der Waals surface area contributed by atoms with Crippen molar-refractivity contribution in [3.05, 3.63) is 45.8 Å². The largest absolute Gasteiger partial charge is 0.351 e. The summed E-state index contributed by atoms with van der Waals surface area (Å²) in [5.74, 6) is 0. The fraction of sp³-hybridized carbons (Fsp3) is 0.0833. The molecule has 0 aliphatic rings. The smallest absolute Gasteiger partial charge is 0.188 e. The first-order chi connectivity index (χ1) is 7.70. The number of hydrogen-bond donors (Lipinski definition) is 1. The van der Waals surface area contributed by atoms with Crippen LogP contribution in [0.25, 0.3) is 21.8 Å². The van der Waals surface area contributed by atoms with Gasteiger partial charge in [-0.1, -0.05) is 17.7 Å². The van der Waals surface area contributed by atoms with Crippen LogP contribution in [0.5, 0.6) is 0 Å². The van der Waals surface area contributed by atoms with Crippen molar-refractivity contribution >= 4 is 33.4 Å². The summed E-state index contributed by atoms with van der Waals surface area (Å²) in [4.78, 5) is 14.8. The fourth-order valence-electron chi connectivity index (χ4n) is 2.18. The Morgan fingerprint density at radius 2 is 2.12 bits per heavy atom. The van der Waals surface area contributed by atoms with Gasteiger partial charge in [0.05, 0.1) is 16.4 Å². The molecule has 0 saturated heterocycles. The Hall–Kier alpha value is -1.74. The molecule has 0 aliphatic heterocycles. The number of aryl methyl sites for hydroxylation is 1. The quantitative estimate of drug-likeness (QED) is 0.595. The molecule has 1 aromatic carbocycles. The number of rotatable bonds is 0. The van der Waals surface area contributed by atoms with Gasteiger partial charge in [0.15, 0.2) is 5.43 Å². The average molecular weight is 233 g/mol. The zero-order valence-corrected chi connectivity index (χ0v) is 9.38. The van der Waals surface area contributed by atoms with Gasteiger partial charge in [-0.2, -0.15) is 0 Å². The number of nitrogens with one attached hydrogen (secondary N) is 1. The van der Waals surface area contributed by atoms with E-state index < -0.39 is 0 Å². The van der Waals surface area contributed by atoms with E-state index in [9.17, 15) is 4.79 Å². The fourth-order valence-corrected chi connectivity index (χ4v) is 2.48. The summed E-state index contributed by atoms with van der Waals surface area (Å²) in [6.45, 7) is 0. The highest BCUT2D eigenvalue weighted by Gasteiger charge is 2.12. The van der Waals surface area contributed by atoms with Gasteiger partial charge in [-0.15, -0.1) is 0 Å². The second-order valence-corrected chi connectivity index (χ2v) is 4.14. The lowest BCUT2D eigenvalue weighted by Crippen LogP contribution is -1.97. The van der Waals surface area contributed by atoms with Gasteiger partial charge in [0.25, 0.3) is 0 Å². The van der Waals surface area contributed by atoms with Crippen LogP contribution < -0.4 is 5.43 Å². The Bertz CT molecular complexity index is 755. The van der Waals surface area contributed by atoms with E-state index in [1.54, 1.807) is 18.3 Å². The van der Waals surface area contributed by atoms with Crippen molar-refractivity contribution in [2.75, 3.05) is 0 Å². The molecule has 1 N–H and O–H groups in total. The second kappa shape index (κ2) is 3.12. The minimum absolute atomic E-state index is 0.0327. The molecule has 4 heteroatoms. The van der Waals surface area contributed by atoms with Gasteiger partial charge in [0.1, 0.15) is 5.15 Å². The van der Waals surface area contributed by atoms with E-state index in [2.05, 4.69) is 4.98 Å². The van der Waals surface area contributed by atoms with Crippen LogP contribution in [0.15, 0.2) is 35.3 Å². The molecule has 80 valence electrons. The molecule has 16 heavy (non-hydrogen) atoms. The number of aromatic amines is 1. The van der Waals surface area contributed by atoms with Gasteiger partial charge in [0.2, 0.25) is 0 Å². The molecule has 0 bridgehead atoms. The summed E-state index contributed by atoms with van der Waals surface area (Å²) in [5.41, 5.74) is 1.80. The molecule has 0 saturated carbocycles. The normalized spacial score (nSPS) is 11.4. The standard InChI is InChI=1S/C12H9ClN2O/c1-15-8-3-2-4-9(16)10(8)7-5-6-14-12(13)11(7)15/h2-6,14H,1H3. The third kappa shape index (κ3) is 1.06. The number of pyridine rings is 1. The highest BCUT2D eigenvalue weighted by Crippen LogP contribution is 2.28. The zero-order chi connectivity index (χ0) is 11.3. The van der Waals surface area contributed by atoms with E-state index in [0.29, 0.717) is 5.15 Å². The van der Waals surface area contributed by atoms with Gasteiger partial charge in [-0.05, 0) is 18.2 Å². The molecule has 2 aromatic heterocycles. The van der Waals surface area contributed by atoms with E-state index in [0.717, 1.165) is 21.8 Å². The molecule has 3 aromatic rings. The van der Waals surface area contributed by atoms with Crippen LogP contribution in [0, 0.1) is 0 Å². The lowest BCUT2D eigenvalue weighted by molar-refractivity contribution is 1.01. The molecule has 0 spiro atoms. The van der Waals surface area contributed by atoms with E-state index in [1.807, 2.05) is 23.7 Å². The number of hydrogen-bond acceptors (Lipinski definition) is 1. The van der Waals surface area contributed by atoms with Crippen molar-refractivity contribution in [2.24, 2.45) is 7.05 Å². The van der Waals surface area contributed by atoms with Gasteiger partial charge >= 0.3 is 0 Å². The molecule has 2 heterocycles. The highest BCUT2D eigenvalue weighted by atomic mass is 35.5. The molecule has 0 radical (unpaired) electrons. The Labute approximate surface area is 96.3 Å². The molecule has 0 atom stereocenters. The van der Waals surface area contributed by atoms with Crippen molar-refractivity contribution in [3.63, 3.8) is 0 Å². The van der Waals surface area contributed by atoms with Gasteiger partial charge in [-0.3, -0.25) is 4.79 Å². The summed E-state index contributed by atoms with van der Waals surface area (Å²) in [5, 5.41) is 2.18. The SMILES string of the molecule is Cn1c2cccc(=O)c2c2cc[nH]c(Cl)c21. The molecular weight excluding hydrogens is 224 g/mol. The van der Waals surface area contributed by atoms with Crippen molar-refractivity contribution < 1.29 is 0 Å². The van der Waals surface area contributed by atoms with E-state index in [1.165, 1.54) is 0 Å². The topological polar surface area (TPSA) is 37.8 Å². The Morgan fingerprint density at radius 1 is 1.31 bits per heavy atom. The molecular formula is C12H9ClN2O. The second-order valence-electron chi connectivity index (χ2n) is 3.76. The summed E-state index contributed by atoms with van der Waals surface area (Å²) in [6.07, 6.45) is 1.75. The first-order valence-corrected chi connectivity index (χ1v) is 5.32. The predicted molar refractivity (Wildman–Crippen MR) is 66.1 cm³/mol. The number of aromatic nitrogens is 2. The van der Waals surface area contributed by atoms with Crippen LogP contribution in [0.3, 0.4) is 0 Å². The number of benzene rings is 1. The van der Waals surface area contributed by atoms with Crippen LogP contribution in [-0.4, -0.2) is 9.55 Å². The highest BCUT2D eigenvalue weighted by molar-refractivity contribution is 6.35. The third-order valence-corrected chi connectivity index (χ3v) is 3.18. The summed E-state index contributed by atoms with van der Waals surface area (Å²) < 4.78 is 1.94. The maximum Gasteiger partial charge on any atom is 0.188 e. The van der Waals surface area contributed by atoms with Crippen molar-refractivity contribution in [1.29, 1.82) is 0 Å². The van der Waals surface area contributed by atoms with Crippen LogP contribution in [0.1, 0.15) is 0 Å². The zero-order valence-electron chi connectivity index (χ0n) is 8.62. The van der Waals surface area contributed by atoms with Gasteiger partial charge in [0, 0.05) is 18.6 Å². The monoisotopic (exact) mass is 232 g/mol. The van der Waals surface area contributed by atoms with Gasteiger partial charge in [-0.25, -0.2) is 0 Å². The van der Waals surface area contributed by atoms with E-state index in [4.69, 9.17) is 11.6 Å². The van der Waals surface area contributed by atoms with Gasteiger partial charge < -0.3 is 9.55 Å². The van der Waals surface area contributed by atoms with Crippen LogP contribution >= 0.6 is 11.6 Å². The Morgan fingerprint density at radius 3 is 2.94 bits per heavy atom. The lowest BCUT2D eigenvalue weighted by atomic mass is 10.2. The summed E-state index contributed by atoms with van der Waals surface area (Å²) in [7, 11) is 1.91. The number of nitrogens with zero attached hydrogens (tertiary/aromatic N) is 1. The van der Waals surface area contributed by atoms with Crippen molar-refractivity contribution in [3.8, 4) is 0 Å². The summed E-state index contributed by atoms with van der Waals surface area (Å²) in [6, 6.07) is 7.14. The molecule has 0 aliphatic carbocycles. The first-order valence-electron chi connectivity index (χ1n) is 4.94. The van der Waals surface area contributed by atoms with Crippen molar-refractivity contribution in [1.82, 2.24) is 9.55 Å². The van der Waals surface area contributed by atoms with E-state index in [-0.39, 0.29) is 5.43 Å². The minimum Gasteiger partial charge on any atom is -0.351 e. The minimum atomic E-state index is 0.0327. The average Bonchev–Trinajstić information content (AvgIpc) is 2.56. The van der Waals surface area contributed by atoms with E-state index >= 15 is 0 Å².